The van der Waals surface area contributed by atoms with E-state index < -0.39 is 10.0 Å². The fourth-order valence-corrected chi connectivity index (χ4v) is 6.44. The second kappa shape index (κ2) is 10.7. The number of nitrogens with zero attached hydrogens (tertiary/aromatic N) is 3. The smallest absolute Gasteiger partial charge is 0.268 e. The van der Waals surface area contributed by atoms with E-state index in [1.807, 2.05) is 26.8 Å². The Hall–Kier alpha value is -3.13. The van der Waals surface area contributed by atoms with Crippen LogP contribution in [0.4, 0.5) is 11.4 Å². The summed E-state index contributed by atoms with van der Waals surface area (Å²) < 4.78 is 30.2. The Morgan fingerprint density at radius 3 is 2.22 bits per heavy atom. The van der Waals surface area contributed by atoms with Gasteiger partial charge < -0.3 is 5.11 Å². The quantitative estimate of drug-likeness (QED) is 0.265. The van der Waals surface area contributed by atoms with Crippen molar-refractivity contribution in [3.63, 3.8) is 0 Å². The molecular formula is C29H32ClN3O3S. The van der Waals surface area contributed by atoms with Crippen molar-refractivity contribution in [3.8, 4) is 5.75 Å². The fourth-order valence-electron chi connectivity index (χ4n) is 4.59. The first-order valence-corrected chi connectivity index (χ1v) is 14.1. The lowest BCUT2D eigenvalue weighted by molar-refractivity contribution is 0.291. The second-order valence-electron chi connectivity index (χ2n) is 9.31. The molecule has 194 valence electrons. The van der Waals surface area contributed by atoms with Gasteiger partial charge in [0.1, 0.15) is 5.75 Å². The summed E-state index contributed by atoms with van der Waals surface area (Å²) in [6.07, 6.45) is 0. The average Bonchev–Trinajstić information content (AvgIpc) is 2.83. The number of halogens is 1. The molecule has 8 heteroatoms. The molecule has 0 bridgehead atoms. The number of rotatable bonds is 8. The molecule has 0 radical (unpaired) electrons. The summed E-state index contributed by atoms with van der Waals surface area (Å²) >= 11 is 6.25. The number of hydrogen-bond acceptors (Lipinski definition) is 5. The predicted molar refractivity (Wildman–Crippen MR) is 151 cm³/mol. The summed E-state index contributed by atoms with van der Waals surface area (Å²) in [6.45, 7) is 11.8. The lowest BCUT2D eigenvalue weighted by Gasteiger charge is -2.28. The highest BCUT2D eigenvalue weighted by atomic mass is 35.5. The Morgan fingerprint density at radius 2 is 1.57 bits per heavy atom. The molecule has 6 nitrogen and oxygen atoms in total. The first-order valence-electron chi connectivity index (χ1n) is 12.3. The zero-order chi connectivity index (χ0) is 26.9. The van der Waals surface area contributed by atoms with Gasteiger partial charge in [-0.2, -0.15) is 0 Å². The van der Waals surface area contributed by atoms with Crippen LogP contribution in [0.3, 0.4) is 0 Å². The van der Waals surface area contributed by atoms with E-state index in [-0.39, 0.29) is 10.6 Å². The van der Waals surface area contributed by atoms with E-state index in [1.165, 1.54) is 4.31 Å². The van der Waals surface area contributed by atoms with Gasteiger partial charge in [-0.25, -0.2) is 12.7 Å². The molecule has 0 atom stereocenters. The summed E-state index contributed by atoms with van der Waals surface area (Å²) in [5, 5.41) is 11.8. The van der Waals surface area contributed by atoms with Gasteiger partial charge in [0.05, 0.1) is 21.8 Å². The van der Waals surface area contributed by atoms with E-state index in [0.717, 1.165) is 24.2 Å². The van der Waals surface area contributed by atoms with E-state index in [0.29, 0.717) is 45.1 Å². The number of hydrogen-bond donors (Lipinski definition) is 1. The van der Waals surface area contributed by atoms with Crippen molar-refractivity contribution in [3.05, 3.63) is 88.1 Å². The monoisotopic (exact) mass is 537 g/mol. The maximum Gasteiger partial charge on any atom is 0.268 e. The lowest BCUT2D eigenvalue weighted by Crippen LogP contribution is -2.27. The number of phenolic OH excluding ortho intramolecular Hbond substituents is 1. The Morgan fingerprint density at radius 1 is 0.892 bits per heavy atom. The summed E-state index contributed by atoms with van der Waals surface area (Å²) in [5.41, 5.74) is 4.53. The number of aryl methyl sites for hydroxylation is 3. The van der Waals surface area contributed by atoms with Crippen LogP contribution in [0.25, 0.3) is 10.9 Å². The molecule has 4 rings (SSSR count). The second-order valence-corrected chi connectivity index (χ2v) is 11.5. The normalized spacial score (nSPS) is 11.9. The maximum absolute atomic E-state index is 14.4. The fraction of sp³-hybridized carbons (Fsp3) is 0.276. The molecule has 0 aliphatic rings. The number of fused-ring (bicyclic) bond motifs is 1. The van der Waals surface area contributed by atoms with Gasteiger partial charge in [0, 0.05) is 28.2 Å². The molecule has 0 fully saturated rings. The van der Waals surface area contributed by atoms with Crippen molar-refractivity contribution in [2.45, 2.75) is 46.1 Å². The summed E-state index contributed by atoms with van der Waals surface area (Å²) in [4.78, 5) is 6.95. The van der Waals surface area contributed by atoms with Gasteiger partial charge >= 0.3 is 0 Å². The SMILES string of the molecule is CCN(CC)Cc1cc(N(c2cc(C)nc3cc(Cl)ccc23)S(=O)(=O)c2cc(C)cc(C)c2)ccc1O. The number of benzene rings is 3. The van der Waals surface area contributed by atoms with Crippen molar-refractivity contribution in [2.24, 2.45) is 0 Å². The molecule has 0 saturated carbocycles. The molecule has 3 aromatic carbocycles. The summed E-state index contributed by atoms with van der Waals surface area (Å²) in [5.74, 6) is 0.127. The first-order chi connectivity index (χ1) is 17.5. The molecule has 1 N–H and O–H groups in total. The maximum atomic E-state index is 14.4. The van der Waals surface area contributed by atoms with Crippen LogP contribution in [0.2, 0.25) is 5.02 Å². The minimum Gasteiger partial charge on any atom is -0.508 e. The lowest BCUT2D eigenvalue weighted by atomic mass is 10.1. The van der Waals surface area contributed by atoms with Crippen LogP contribution in [-0.4, -0.2) is 36.5 Å². The first kappa shape index (κ1) is 26.9. The highest BCUT2D eigenvalue weighted by molar-refractivity contribution is 7.93. The van der Waals surface area contributed by atoms with Crippen LogP contribution in [-0.2, 0) is 16.6 Å². The third-order valence-electron chi connectivity index (χ3n) is 6.42. The zero-order valence-corrected chi connectivity index (χ0v) is 23.4. The van der Waals surface area contributed by atoms with Gasteiger partial charge in [-0.05, 0) is 99.6 Å². The number of pyridine rings is 1. The van der Waals surface area contributed by atoms with Crippen LogP contribution >= 0.6 is 11.6 Å². The number of aromatic nitrogens is 1. The molecule has 0 aliphatic heterocycles. The van der Waals surface area contributed by atoms with Gasteiger partial charge in [-0.3, -0.25) is 9.88 Å². The molecule has 4 aromatic rings. The van der Waals surface area contributed by atoms with Gasteiger partial charge in [0.2, 0.25) is 0 Å². The van der Waals surface area contributed by atoms with E-state index in [9.17, 15) is 13.5 Å². The molecule has 0 amide bonds. The average molecular weight is 538 g/mol. The summed E-state index contributed by atoms with van der Waals surface area (Å²) in [6, 6.07) is 17.3. The standard InChI is InChI=1S/C29H32ClN3O3S/c1-6-32(7-2)18-22-16-24(9-11-29(22)34)33(37(35,36)25-13-19(3)12-20(4)14-25)28-15-21(5)31-27-17-23(30)8-10-26(27)28/h8-17,34H,6-7,18H2,1-5H3. The highest BCUT2D eigenvalue weighted by Gasteiger charge is 2.30. The largest absolute Gasteiger partial charge is 0.508 e. The van der Waals surface area contributed by atoms with Gasteiger partial charge in [0.25, 0.3) is 10.0 Å². The summed E-state index contributed by atoms with van der Waals surface area (Å²) in [7, 11) is -4.06. The minimum atomic E-state index is -4.06. The minimum absolute atomic E-state index is 0.127. The van der Waals surface area contributed by atoms with E-state index >= 15 is 0 Å². The molecular weight excluding hydrogens is 506 g/mol. The van der Waals surface area contributed by atoms with E-state index in [4.69, 9.17) is 11.6 Å². The van der Waals surface area contributed by atoms with Crippen molar-refractivity contribution in [2.75, 3.05) is 17.4 Å². The Balaban J connectivity index is 2.02. The molecule has 1 aromatic heterocycles. The highest BCUT2D eigenvalue weighted by Crippen LogP contribution is 2.39. The van der Waals surface area contributed by atoms with Crippen LogP contribution < -0.4 is 4.31 Å². The zero-order valence-electron chi connectivity index (χ0n) is 21.8. The molecule has 37 heavy (non-hydrogen) atoms. The Kier molecular flexibility index (Phi) is 7.78. The van der Waals surface area contributed by atoms with Crippen LogP contribution in [0.5, 0.6) is 5.75 Å². The Labute approximate surface area is 224 Å². The van der Waals surface area contributed by atoms with Crippen LogP contribution in [0, 0.1) is 20.8 Å². The van der Waals surface area contributed by atoms with Gasteiger partial charge in [0.15, 0.2) is 0 Å². The van der Waals surface area contributed by atoms with Gasteiger partial charge in [-0.15, -0.1) is 0 Å². The van der Waals surface area contributed by atoms with Crippen molar-refractivity contribution in [1.82, 2.24) is 9.88 Å². The van der Waals surface area contributed by atoms with Gasteiger partial charge in [-0.1, -0.05) is 31.5 Å². The molecule has 0 unspecified atom stereocenters. The third-order valence-corrected chi connectivity index (χ3v) is 8.37. The molecule has 0 aliphatic carbocycles. The van der Waals surface area contributed by atoms with E-state index in [2.05, 4.69) is 23.7 Å². The van der Waals surface area contributed by atoms with Crippen molar-refractivity contribution >= 4 is 43.9 Å². The number of sulfonamides is 1. The number of phenols is 1. The van der Waals surface area contributed by atoms with Crippen molar-refractivity contribution < 1.29 is 13.5 Å². The third kappa shape index (κ3) is 5.59. The predicted octanol–water partition coefficient (Wildman–Crippen LogP) is 6.89. The van der Waals surface area contributed by atoms with Crippen LogP contribution in [0.1, 0.15) is 36.2 Å². The molecule has 1 heterocycles. The van der Waals surface area contributed by atoms with E-state index in [1.54, 1.807) is 54.6 Å². The molecule has 0 saturated heterocycles. The Bertz CT molecular complexity index is 1540. The van der Waals surface area contributed by atoms with Crippen molar-refractivity contribution in [1.29, 1.82) is 0 Å². The topological polar surface area (TPSA) is 73.7 Å². The molecule has 0 spiro atoms. The number of anilines is 2. The number of aromatic hydroxyl groups is 1. The van der Waals surface area contributed by atoms with Crippen LogP contribution in [0.15, 0.2) is 65.6 Å².